The molecule has 0 aliphatic carbocycles. The van der Waals surface area contributed by atoms with Gasteiger partial charge in [-0.1, -0.05) is 19.8 Å². The summed E-state index contributed by atoms with van der Waals surface area (Å²) in [5.41, 5.74) is 0. The van der Waals surface area contributed by atoms with Crippen molar-refractivity contribution in [3.05, 3.63) is 0 Å². The highest BCUT2D eigenvalue weighted by atomic mass is 32.2. The fraction of sp³-hybridized carbons (Fsp3) is 0.900. The van der Waals surface area contributed by atoms with Crippen LogP contribution in [0.3, 0.4) is 0 Å². The van der Waals surface area contributed by atoms with E-state index in [1.165, 1.54) is 0 Å². The average molecular weight is 430 g/mol. The Kier molecular flexibility index (Phi) is 7.56. The highest BCUT2D eigenvalue weighted by Crippen LogP contribution is 2.40. The van der Waals surface area contributed by atoms with Crippen LogP contribution in [0.1, 0.15) is 51.9 Å². The van der Waals surface area contributed by atoms with Gasteiger partial charge in [0.1, 0.15) is 0 Å². The van der Waals surface area contributed by atoms with E-state index >= 15 is 0 Å². The summed E-state index contributed by atoms with van der Waals surface area (Å²) < 4.78 is 30.8. The van der Waals surface area contributed by atoms with Crippen LogP contribution in [0.2, 0.25) is 0 Å². The quantitative estimate of drug-likeness (QED) is 0.510. The molecule has 0 N–H and O–H groups in total. The van der Waals surface area contributed by atoms with Gasteiger partial charge in [0, 0.05) is 26.1 Å². The summed E-state index contributed by atoms with van der Waals surface area (Å²) in [6.07, 6.45) is 6.42. The summed E-state index contributed by atoms with van der Waals surface area (Å²) in [5, 5.41) is 0. The van der Waals surface area contributed by atoms with E-state index in [1.807, 2.05) is 6.92 Å². The van der Waals surface area contributed by atoms with Crippen LogP contribution in [0.25, 0.3) is 0 Å². The Balaban J connectivity index is 1.52. The van der Waals surface area contributed by atoms with Gasteiger partial charge in [0.2, 0.25) is 21.8 Å². The molecule has 3 fully saturated rings. The fourth-order valence-corrected chi connectivity index (χ4v) is 6.26. The first-order chi connectivity index (χ1) is 13.8. The lowest BCUT2D eigenvalue weighted by Crippen LogP contribution is -2.43. The molecule has 2 amide bonds. The zero-order valence-corrected chi connectivity index (χ0v) is 18.5. The lowest BCUT2D eigenvalue weighted by atomic mass is 9.94. The molecule has 3 aliphatic rings. The molecule has 3 saturated heterocycles. The van der Waals surface area contributed by atoms with Crippen molar-refractivity contribution >= 4 is 21.8 Å². The SMILES string of the molecule is CCC[C@H]1C(=O)N(S(C)(=O)=O)[C@H]2CCN(C(=O)CCCCCN3CCOCC3)[C@H]12. The number of likely N-dealkylation sites (tertiary alicyclic amines) is 1. The number of ether oxygens (including phenoxy) is 1. The van der Waals surface area contributed by atoms with Crippen LogP contribution in [-0.4, -0.2) is 92.1 Å². The molecule has 0 spiro atoms. The van der Waals surface area contributed by atoms with Crippen LogP contribution < -0.4 is 0 Å². The van der Waals surface area contributed by atoms with Gasteiger partial charge in [-0.05, 0) is 32.2 Å². The van der Waals surface area contributed by atoms with Crippen molar-refractivity contribution in [3.8, 4) is 0 Å². The van der Waals surface area contributed by atoms with Crippen LogP contribution >= 0.6 is 0 Å². The molecule has 3 aliphatic heterocycles. The maximum absolute atomic E-state index is 12.9. The third kappa shape index (κ3) is 5.11. The highest BCUT2D eigenvalue weighted by Gasteiger charge is 2.56. The molecular formula is C20H35N3O5S. The third-order valence-electron chi connectivity index (χ3n) is 6.41. The van der Waals surface area contributed by atoms with Gasteiger partial charge in [-0.2, -0.15) is 0 Å². The zero-order valence-electron chi connectivity index (χ0n) is 17.7. The van der Waals surface area contributed by atoms with Crippen LogP contribution in [0.15, 0.2) is 0 Å². The van der Waals surface area contributed by atoms with E-state index < -0.39 is 15.9 Å². The molecule has 0 aromatic rings. The normalized spacial score (nSPS) is 28.2. The van der Waals surface area contributed by atoms with Crippen LogP contribution in [0.5, 0.6) is 0 Å². The molecule has 0 aromatic heterocycles. The van der Waals surface area contributed by atoms with Crippen molar-refractivity contribution in [2.24, 2.45) is 5.92 Å². The molecule has 0 radical (unpaired) electrons. The standard InChI is InChI=1S/C20H35N3O5S/c1-3-7-16-19-17(23(20(16)25)29(2,26)27)9-11-22(19)18(24)8-5-4-6-10-21-12-14-28-15-13-21/h16-17,19H,3-15H2,1-2H3/t16-,17+,19-/m1/s1. The second-order valence-electron chi connectivity index (χ2n) is 8.49. The fourth-order valence-electron chi connectivity index (χ4n) is 5.08. The number of sulfonamides is 1. The zero-order chi connectivity index (χ0) is 21.0. The summed E-state index contributed by atoms with van der Waals surface area (Å²) in [6, 6.07) is -0.683. The van der Waals surface area contributed by atoms with E-state index in [4.69, 9.17) is 4.74 Å². The third-order valence-corrected chi connectivity index (χ3v) is 7.58. The van der Waals surface area contributed by atoms with Gasteiger partial charge in [0.15, 0.2) is 0 Å². The molecule has 0 aromatic carbocycles. The predicted octanol–water partition coefficient (Wildman–Crippen LogP) is 1.07. The summed E-state index contributed by atoms with van der Waals surface area (Å²) in [5.74, 6) is -0.659. The van der Waals surface area contributed by atoms with E-state index in [9.17, 15) is 18.0 Å². The van der Waals surface area contributed by atoms with Gasteiger partial charge in [-0.25, -0.2) is 12.7 Å². The molecule has 3 heterocycles. The monoisotopic (exact) mass is 429 g/mol. The largest absolute Gasteiger partial charge is 0.379 e. The number of hydrogen-bond donors (Lipinski definition) is 0. The molecule has 29 heavy (non-hydrogen) atoms. The van der Waals surface area contributed by atoms with Crippen molar-refractivity contribution in [2.75, 3.05) is 45.6 Å². The Bertz CT molecular complexity index is 692. The number of nitrogens with zero attached hydrogens (tertiary/aromatic N) is 3. The molecule has 0 saturated carbocycles. The first-order valence-corrected chi connectivity index (χ1v) is 12.8. The minimum atomic E-state index is -3.61. The predicted molar refractivity (Wildman–Crippen MR) is 110 cm³/mol. The molecule has 0 bridgehead atoms. The summed E-state index contributed by atoms with van der Waals surface area (Å²) >= 11 is 0. The molecule has 3 rings (SSSR count). The first-order valence-electron chi connectivity index (χ1n) is 11.0. The average Bonchev–Trinajstić information content (AvgIpc) is 3.20. The Morgan fingerprint density at radius 3 is 2.52 bits per heavy atom. The lowest BCUT2D eigenvalue weighted by molar-refractivity contribution is -0.134. The Hall–Kier alpha value is -1.19. The smallest absolute Gasteiger partial charge is 0.241 e. The first kappa shape index (κ1) is 22.5. The summed E-state index contributed by atoms with van der Waals surface area (Å²) in [7, 11) is -3.61. The molecule has 8 nitrogen and oxygen atoms in total. The van der Waals surface area contributed by atoms with E-state index in [0.717, 1.165) is 69.1 Å². The minimum absolute atomic E-state index is 0.0631. The second-order valence-corrected chi connectivity index (χ2v) is 10.4. The topological polar surface area (TPSA) is 87.2 Å². The highest BCUT2D eigenvalue weighted by molar-refractivity contribution is 7.88. The number of rotatable bonds is 9. The van der Waals surface area contributed by atoms with E-state index in [0.29, 0.717) is 25.8 Å². The Labute approximate surface area is 174 Å². The van der Waals surface area contributed by atoms with E-state index in [-0.39, 0.29) is 23.9 Å². The maximum Gasteiger partial charge on any atom is 0.241 e. The van der Waals surface area contributed by atoms with Gasteiger partial charge in [-0.3, -0.25) is 14.5 Å². The number of hydrogen-bond acceptors (Lipinski definition) is 6. The Morgan fingerprint density at radius 1 is 1.14 bits per heavy atom. The van der Waals surface area contributed by atoms with Crippen LogP contribution in [0.4, 0.5) is 0 Å². The van der Waals surface area contributed by atoms with Crippen molar-refractivity contribution in [1.29, 1.82) is 0 Å². The van der Waals surface area contributed by atoms with Crippen LogP contribution in [-0.2, 0) is 24.3 Å². The minimum Gasteiger partial charge on any atom is -0.379 e. The van der Waals surface area contributed by atoms with E-state index in [1.54, 1.807) is 4.90 Å². The molecule has 3 atom stereocenters. The van der Waals surface area contributed by atoms with Gasteiger partial charge < -0.3 is 9.64 Å². The molecule has 9 heteroatoms. The number of amides is 2. The van der Waals surface area contributed by atoms with Crippen molar-refractivity contribution in [3.63, 3.8) is 0 Å². The van der Waals surface area contributed by atoms with Crippen molar-refractivity contribution < 1.29 is 22.7 Å². The van der Waals surface area contributed by atoms with E-state index in [2.05, 4.69) is 4.90 Å². The van der Waals surface area contributed by atoms with Crippen molar-refractivity contribution in [2.45, 2.75) is 64.0 Å². The summed E-state index contributed by atoms with van der Waals surface area (Å²) in [6.45, 7) is 7.15. The lowest BCUT2D eigenvalue weighted by Gasteiger charge is -2.28. The number of carbonyl (C=O) groups excluding carboxylic acids is 2. The van der Waals surface area contributed by atoms with Gasteiger partial charge in [0.25, 0.3) is 0 Å². The second kappa shape index (κ2) is 9.75. The number of carbonyl (C=O) groups is 2. The molecule has 0 unspecified atom stereocenters. The van der Waals surface area contributed by atoms with Gasteiger partial charge in [0.05, 0.1) is 37.5 Å². The maximum atomic E-state index is 12.9. The molecule has 166 valence electrons. The van der Waals surface area contributed by atoms with Gasteiger partial charge >= 0.3 is 0 Å². The number of unbranched alkanes of at least 4 members (excludes halogenated alkanes) is 2. The molecular weight excluding hydrogens is 394 g/mol. The Morgan fingerprint density at radius 2 is 1.86 bits per heavy atom. The van der Waals surface area contributed by atoms with Gasteiger partial charge in [-0.15, -0.1) is 0 Å². The van der Waals surface area contributed by atoms with Crippen molar-refractivity contribution in [1.82, 2.24) is 14.1 Å². The summed E-state index contributed by atoms with van der Waals surface area (Å²) in [4.78, 5) is 29.9. The number of morpholine rings is 1. The number of fused-ring (bicyclic) bond motifs is 1. The van der Waals surface area contributed by atoms with Crippen LogP contribution in [0, 0.1) is 5.92 Å².